The fourth-order valence-electron chi connectivity index (χ4n) is 2.69. The van der Waals surface area contributed by atoms with E-state index >= 15 is 0 Å². The van der Waals surface area contributed by atoms with Crippen LogP contribution in [-0.4, -0.2) is 17.1 Å². The summed E-state index contributed by atoms with van der Waals surface area (Å²) in [5.41, 5.74) is 6.56. The number of thiazole rings is 1. The van der Waals surface area contributed by atoms with Crippen molar-refractivity contribution in [2.75, 3.05) is 0 Å². The number of aromatic nitrogens is 1. The van der Waals surface area contributed by atoms with Gasteiger partial charge in [-0.05, 0) is 54.0 Å². The Labute approximate surface area is 143 Å². The van der Waals surface area contributed by atoms with Gasteiger partial charge in [-0.2, -0.15) is 0 Å². The van der Waals surface area contributed by atoms with E-state index in [0.29, 0.717) is 12.1 Å². The molecule has 1 aliphatic rings. The Morgan fingerprint density at radius 2 is 2.17 bits per heavy atom. The highest BCUT2D eigenvalue weighted by Gasteiger charge is 2.10. The van der Waals surface area contributed by atoms with Crippen LogP contribution in [-0.2, 0) is 13.0 Å². The Morgan fingerprint density at radius 1 is 1.21 bits per heavy atom. The summed E-state index contributed by atoms with van der Waals surface area (Å²) in [7, 11) is 0. The predicted molar refractivity (Wildman–Crippen MR) is 98.2 cm³/mol. The third-order valence-electron chi connectivity index (χ3n) is 3.96. The number of allylic oxidation sites excluding steroid dienone is 2. The van der Waals surface area contributed by atoms with Crippen molar-refractivity contribution in [1.82, 2.24) is 10.3 Å². The fraction of sp³-hybridized carbons (Fsp3) is 0.105. The molecule has 0 radical (unpaired) electrons. The van der Waals surface area contributed by atoms with E-state index in [-0.39, 0.29) is 5.91 Å². The van der Waals surface area contributed by atoms with Crippen molar-refractivity contribution in [1.29, 1.82) is 0 Å². The molecular formula is C19H15N3OS. The second-order valence-corrected chi connectivity index (χ2v) is 6.48. The minimum atomic E-state index is -0.0700. The van der Waals surface area contributed by atoms with Crippen LogP contribution in [0.5, 0.6) is 0 Å². The van der Waals surface area contributed by atoms with Gasteiger partial charge >= 0.3 is 0 Å². The van der Waals surface area contributed by atoms with Crippen LogP contribution in [0.2, 0.25) is 0 Å². The Bertz CT molecular complexity index is 972. The average Bonchev–Trinajstić information content (AvgIpc) is 2.95. The number of aliphatic imine (C=N–C) groups is 1. The van der Waals surface area contributed by atoms with E-state index in [9.17, 15) is 4.79 Å². The molecule has 4 rings (SSSR count). The molecule has 0 fully saturated rings. The van der Waals surface area contributed by atoms with Crippen molar-refractivity contribution in [3.8, 4) is 0 Å². The lowest BCUT2D eigenvalue weighted by molar-refractivity contribution is 0.0951. The van der Waals surface area contributed by atoms with Crippen molar-refractivity contribution in [2.24, 2.45) is 4.99 Å². The molecule has 0 unspecified atom stereocenters. The smallest absolute Gasteiger partial charge is 0.251 e. The molecule has 4 nitrogen and oxygen atoms in total. The van der Waals surface area contributed by atoms with Crippen LogP contribution in [0.25, 0.3) is 10.2 Å². The third-order valence-corrected chi connectivity index (χ3v) is 4.76. The lowest BCUT2D eigenvalue weighted by Crippen LogP contribution is -2.22. The first kappa shape index (κ1) is 14.8. The molecule has 0 aliphatic carbocycles. The van der Waals surface area contributed by atoms with Gasteiger partial charge in [0, 0.05) is 18.3 Å². The van der Waals surface area contributed by atoms with Gasteiger partial charge in [0.25, 0.3) is 5.91 Å². The van der Waals surface area contributed by atoms with Gasteiger partial charge in [0.15, 0.2) is 0 Å². The van der Waals surface area contributed by atoms with E-state index in [0.717, 1.165) is 33.5 Å². The molecule has 2 heterocycles. The van der Waals surface area contributed by atoms with Crippen LogP contribution in [0.4, 0.5) is 5.69 Å². The van der Waals surface area contributed by atoms with Crippen LogP contribution in [0.3, 0.4) is 0 Å². The molecule has 24 heavy (non-hydrogen) atoms. The minimum absolute atomic E-state index is 0.0700. The highest BCUT2D eigenvalue weighted by molar-refractivity contribution is 7.16. The predicted octanol–water partition coefficient (Wildman–Crippen LogP) is 4.04. The molecule has 1 amide bonds. The summed E-state index contributed by atoms with van der Waals surface area (Å²) in [4.78, 5) is 21.0. The molecule has 0 bridgehead atoms. The zero-order valence-corrected chi connectivity index (χ0v) is 13.7. The van der Waals surface area contributed by atoms with Gasteiger partial charge in [-0.1, -0.05) is 12.1 Å². The molecule has 0 saturated carbocycles. The zero-order chi connectivity index (χ0) is 16.4. The van der Waals surface area contributed by atoms with Crippen LogP contribution in [0.15, 0.2) is 59.1 Å². The summed E-state index contributed by atoms with van der Waals surface area (Å²) in [5, 5.41) is 2.98. The maximum absolute atomic E-state index is 12.4. The summed E-state index contributed by atoms with van der Waals surface area (Å²) in [5.74, 6) is -0.0700. The molecule has 0 spiro atoms. The van der Waals surface area contributed by atoms with Crippen LogP contribution in [0, 0.1) is 0 Å². The van der Waals surface area contributed by atoms with Crippen molar-refractivity contribution < 1.29 is 4.79 Å². The number of rotatable bonds is 3. The number of amides is 1. The normalized spacial score (nSPS) is 12.8. The molecular weight excluding hydrogens is 318 g/mol. The van der Waals surface area contributed by atoms with Gasteiger partial charge in [-0.15, -0.1) is 11.3 Å². The quantitative estimate of drug-likeness (QED) is 0.786. The molecule has 0 atom stereocenters. The molecule has 0 saturated heterocycles. The summed E-state index contributed by atoms with van der Waals surface area (Å²) in [6.07, 6.45) is 6.54. The average molecular weight is 333 g/mol. The van der Waals surface area contributed by atoms with Gasteiger partial charge in [0.05, 0.1) is 21.4 Å². The van der Waals surface area contributed by atoms with Gasteiger partial charge in [0.1, 0.15) is 0 Å². The SMILES string of the molecule is O=C(NCc1ccc2ncsc2c1)c1ccc2c(c1)CC=CC=N2. The van der Waals surface area contributed by atoms with E-state index in [1.807, 2.05) is 48.0 Å². The lowest BCUT2D eigenvalue weighted by Gasteiger charge is -2.08. The number of fused-ring (bicyclic) bond motifs is 2. The standard InChI is InChI=1S/C19H15N3OS/c23-19(15-5-7-16-14(10-15)3-1-2-8-20-16)21-11-13-4-6-17-18(9-13)24-12-22-17/h1-2,4-10,12H,3,11H2,(H,21,23). The summed E-state index contributed by atoms with van der Waals surface area (Å²) in [6.45, 7) is 0.502. The molecule has 5 heteroatoms. The highest BCUT2D eigenvalue weighted by Crippen LogP contribution is 2.23. The van der Waals surface area contributed by atoms with Crippen molar-refractivity contribution >= 4 is 39.4 Å². The Balaban J connectivity index is 1.49. The first-order valence-corrected chi connectivity index (χ1v) is 8.60. The molecule has 1 aliphatic heterocycles. The van der Waals surface area contributed by atoms with E-state index in [2.05, 4.69) is 21.4 Å². The van der Waals surface area contributed by atoms with E-state index in [1.165, 1.54) is 0 Å². The van der Waals surface area contributed by atoms with Gasteiger partial charge in [-0.3, -0.25) is 9.79 Å². The maximum atomic E-state index is 12.4. The molecule has 2 aromatic carbocycles. The minimum Gasteiger partial charge on any atom is -0.348 e. The topological polar surface area (TPSA) is 54.4 Å². The van der Waals surface area contributed by atoms with Gasteiger partial charge < -0.3 is 5.32 Å². The zero-order valence-electron chi connectivity index (χ0n) is 12.9. The second kappa shape index (κ2) is 6.37. The number of hydrogen-bond acceptors (Lipinski definition) is 4. The number of nitrogens with one attached hydrogen (secondary N) is 1. The number of hydrogen-bond donors (Lipinski definition) is 1. The maximum Gasteiger partial charge on any atom is 0.251 e. The summed E-state index contributed by atoms with van der Waals surface area (Å²) < 4.78 is 1.14. The van der Waals surface area contributed by atoms with Crippen LogP contribution >= 0.6 is 11.3 Å². The second-order valence-electron chi connectivity index (χ2n) is 5.59. The first-order chi connectivity index (χ1) is 11.8. The summed E-state index contributed by atoms with van der Waals surface area (Å²) >= 11 is 1.61. The van der Waals surface area contributed by atoms with Gasteiger partial charge in [-0.25, -0.2) is 4.98 Å². The van der Waals surface area contributed by atoms with Crippen molar-refractivity contribution in [3.63, 3.8) is 0 Å². The molecule has 3 aromatic rings. The first-order valence-electron chi connectivity index (χ1n) is 7.72. The Morgan fingerprint density at radius 3 is 3.12 bits per heavy atom. The van der Waals surface area contributed by atoms with E-state index < -0.39 is 0 Å². The number of benzene rings is 2. The Kier molecular flexibility index (Phi) is 3.92. The Hall–Kier alpha value is -2.79. The number of carbonyl (C=O) groups excluding carboxylic acids is 1. The van der Waals surface area contributed by atoms with Crippen LogP contribution in [0.1, 0.15) is 21.5 Å². The monoisotopic (exact) mass is 333 g/mol. The fourth-order valence-corrected chi connectivity index (χ4v) is 3.43. The largest absolute Gasteiger partial charge is 0.348 e. The third kappa shape index (κ3) is 2.98. The van der Waals surface area contributed by atoms with Gasteiger partial charge in [0.2, 0.25) is 0 Å². The molecule has 1 N–H and O–H groups in total. The molecule has 1 aromatic heterocycles. The lowest BCUT2D eigenvalue weighted by atomic mass is 10.1. The van der Waals surface area contributed by atoms with Crippen LogP contribution < -0.4 is 5.32 Å². The van der Waals surface area contributed by atoms with E-state index in [4.69, 9.17) is 0 Å². The van der Waals surface area contributed by atoms with Crippen molar-refractivity contribution in [2.45, 2.75) is 13.0 Å². The highest BCUT2D eigenvalue weighted by atomic mass is 32.1. The summed E-state index contributed by atoms with van der Waals surface area (Å²) in [6, 6.07) is 11.7. The number of nitrogens with zero attached hydrogens (tertiary/aromatic N) is 2. The van der Waals surface area contributed by atoms with Crippen molar-refractivity contribution in [3.05, 3.63) is 70.8 Å². The number of carbonyl (C=O) groups is 1. The van der Waals surface area contributed by atoms with E-state index in [1.54, 1.807) is 17.6 Å². The molecule has 118 valence electrons.